The first-order chi connectivity index (χ1) is 37.7. The number of carbonyl (C=O) groups excluding carboxylic acids is 1. The van der Waals surface area contributed by atoms with E-state index in [1.165, 1.54) is 34.8 Å². The number of Topliss-reactive ketones (excluding diaryl/α,β-unsaturated/α-hetero) is 1. The molecule has 4 aliphatic rings. The van der Waals surface area contributed by atoms with E-state index in [1.807, 2.05) is 33.8 Å². The van der Waals surface area contributed by atoms with Gasteiger partial charge in [-0.3, -0.25) is 4.79 Å². The van der Waals surface area contributed by atoms with Gasteiger partial charge in [-0.15, -0.1) is 22.7 Å². The summed E-state index contributed by atoms with van der Waals surface area (Å²) in [6.45, 7) is 22.6. The monoisotopic (exact) mass is 1250 g/mol. The molecule has 4 fully saturated rings. The molecule has 79 heavy (non-hydrogen) atoms. The largest absolute Gasteiger partial charge is 0.382 e. The molecule has 1 unspecified atom stereocenters. The van der Waals surface area contributed by atoms with Gasteiger partial charge in [-0.1, -0.05) is 96.5 Å². The summed E-state index contributed by atoms with van der Waals surface area (Å²) in [7, 11) is 0. The SMILES string of the molecule is CC1(C)CC(OCc2c(-c3c(Cl)cccc3Cl)noc2C2CC2)CCC1=O.[C-]#[N+]c1cc(F)c2nc(Br)sc2c1.[C-]#[N+]c1cc(F)c2nc([C@@]3(O)CC[C@H](OCc4c(-c5c(Cl)cccc5Cl)noc4C4CC4)CC3(C)C)sc2c1. The van der Waals surface area contributed by atoms with E-state index in [-0.39, 0.29) is 35.4 Å². The second-order valence-electron chi connectivity index (χ2n) is 21.7. The summed E-state index contributed by atoms with van der Waals surface area (Å²) in [5.41, 5.74) is 3.24. The van der Waals surface area contributed by atoms with Crippen LogP contribution >= 0.6 is 85.0 Å². The molecule has 0 saturated heterocycles. The second kappa shape index (κ2) is 23.2. The average Bonchev–Trinajstić information content (AvgIpc) is 4.46. The highest BCUT2D eigenvalue weighted by atomic mass is 79.9. The smallest absolute Gasteiger partial charge is 0.191 e. The third kappa shape index (κ3) is 12.1. The number of aromatic nitrogens is 4. The Bertz CT molecular complexity index is 3690. The Hall–Kier alpha value is -4.89. The number of aliphatic hydroxyl groups is 1. The van der Waals surface area contributed by atoms with E-state index in [9.17, 15) is 18.7 Å². The van der Waals surface area contributed by atoms with Crippen molar-refractivity contribution in [2.45, 2.75) is 135 Å². The molecule has 0 radical (unpaired) electrons. The minimum absolute atomic E-state index is 0.0502. The molecule has 0 bridgehead atoms. The van der Waals surface area contributed by atoms with Gasteiger partial charge in [0.15, 0.2) is 15.3 Å². The molecule has 12 nitrogen and oxygen atoms in total. The van der Waals surface area contributed by atoms with Crippen molar-refractivity contribution in [2.24, 2.45) is 10.8 Å². The fraction of sp³-hybridized carbons (Fsp3) is 0.397. The van der Waals surface area contributed by atoms with E-state index >= 15 is 0 Å². The molecule has 0 aliphatic heterocycles. The van der Waals surface area contributed by atoms with Crippen molar-refractivity contribution in [1.29, 1.82) is 0 Å². The van der Waals surface area contributed by atoms with E-state index in [1.54, 1.807) is 42.5 Å². The molecule has 4 aliphatic carbocycles. The van der Waals surface area contributed by atoms with Crippen LogP contribution < -0.4 is 0 Å². The van der Waals surface area contributed by atoms with Gasteiger partial charge in [0.25, 0.3) is 0 Å². The molecule has 21 heteroatoms. The van der Waals surface area contributed by atoms with Crippen molar-refractivity contribution < 1.29 is 37.2 Å². The standard InChI is InChI=1S/C29H26Cl2FN3O3S.C21H23Cl2NO3.C8H2BrFN2S/c1-28(2)13-17(9-10-29(28,36)27-34-25-21(32)11-16(33-3)12-22(25)39-27)37-14-18-24(35-38-26(18)15-7-8-15)23-19(30)5-4-6-20(23)31;1-21(2)10-13(8-9-17(21)25)26-11-14-19(24-27-20(14)12-6-7-12)18-15(22)4-3-5-16(18)23;1-11-4-2-5(10)7-6(3-4)13-8(9)12-7/h4-6,11-12,15,17,36H,7-10,13-14H2,1-2H3;3-5,12-13H,6-11H2,1-2H3;2-3H/t17-,29-;;/m0../s1. The van der Waals surface area contributed by atoms with Crippen LogP contribution in [0.1, 0.15) is 131 Å². The van der Waals surface area contributed by atoms with Gasteiger partial charge in [-0.25, -0.2) is 28.4 Å². The van der Waals surface area contributed by atoms with Crippen LogP contribution in [0.2, 0.25) is 20.1 Å². The Morgan fingerprint density at radius 3 is 1.63 bits per heavy atom. The van der Waals surface area contributed by atoms with Crippen molar-refractivity contribution in [3.63, 3.8) is 0 Å². The number of fused-ring (bicyclic) bond motifs is 2. The van der Waals surface area contributed by atoms with Crippen molar-refractivity contribution in [2.75, 3.05) is 0 Å². The summed E-state index contributed by atoms with van der Waals surface area (Å²) in [6.07, 6.45) is 7.84. The Morgan fingerprint density at radius 2 is 1.18 bits per heavy atom. The molecule has 3 atom stereocenters. The summed E-state index contributed by atoms with van der Waals surface area (Å²) in [6, 6.07) is 16.4. The Balaban J connectivity index is 0.000000151. The molecule has 4 aromatic carbocycles. The van der Waals surface area contributed by atoms with Gasteiger partial charge >= 0.3 is 0 Å². The van der Waals surface area contributed by atoms with E-state index in [0.29, 0.717) is 122 Å². The summed E-state index contributed by atoms with van der Waals surface area (Å²) >= 11 is 31.5. The van der Waals surface area contributed by atoms with Crippen LogP contribution in [0.15, 0.2) is 73.6 Å². The summed E-state index contributed by atoms with van der Waals surface area (Å²) < 4.78 is 53.8. The minimum atomic E-state index is -1.26. The third-order valence-electron chi connectivity index (χ3n) is 15.2. The number of halogens is 7. The minimum Gasteiger partial charge on any atom is -0.382 e. The summed E-state index contributed by atoms with van der Waals surface area (Å²) in [5.74, 6) is 1.75. The maximum absolute atomic E-state index is 14.6. The first-order valence-corrected chi connectivity index (χ1v) is 29.6. The van der Waals surface area contributed by atoms with E-state index in [2.05, 4.69) is 45.9 Å². The first-order valence-electron chi connectivity index (χ1n) is 25.6. The molecule has 4 saturated carbocycles. The highest BCUT2D eigenvalue weighted by Crippen LogP contribution is 2.54. The molecule has 0 spiro atoms. The molecule has 410 valence electrons. The van der Waals surface area contributed by atoms with Gasteiger partial charge in [0, 0.05) is 60.7 Å². The van der Waals surface area contributed by atoms with Gasteiger partial charge in [-0.2, -0.15) is 0 Å². The zero-order chi connectivity index (χ0) is 56.1. The van der Waals surface area contributed by atoms with Gasteiger partial charge in [0.05, 0.1) is 58.7 Å². The lowest BCUT2D eigenvalue weighted by atomic mass is 9.64. The first kappa shape index (κ1) is 57.3. The zero-order valence-corrected chi connectivity index (χ0v) is 49.4. The fourth-order valence-corrected chi connectivity index (χ4v) is 14.3. The summed E-state index contributed by atoms with van der Waals surface area (Å²) in [4.78, 5) is 27.0. The quantitative estimate of drug-likeness (QED) is 0.124. The van der Waals surface area contributed by atoms with Gasteiger partial charge < -0.3 is 23.6 Å². The maximum Gasteiger partial charge on any atom is 0.191 e. The lowest BCUT2D eigenvalue weighted by molar-refractivity contribution is -0.146. The maximum atomic E-state index is 14.6. The number of carbonyl (C=O) groups is 1. The normalized spacial score (nSPS) is 20.5. The highest BCUT2D eigenvalue weighted by Gasteiger charge is 2.52. The lowest BCUT2D eigenvalue weighted by Crippen LogP contribution is -2.48. The van der Waals surface area contributed by atoms with Crippen LogP contribution in [0.3, 0.4) is 0 Å². The topological polar surface area (TPSA) is 142 Å². The summed E-state index contributed by atoms with van der Waals surface area (Å²) in [5, 5.41) is 23.1. The fourth-order valence-electron chi connectivity index (χ4n) is 10.4. The van der Waals surface area contributed by atoms with Crippen LogP contribution in [-0.2, 0) is 33.1 Å². The lowest BCUT2D eigenvalue weighted by Gasteiger charge is -2.47. The Morgan fingerprint density at radius 1 is 0.709 bits per heavy atom. The molecule has 4 aromatic heterocycles. The number of nitrogens with zero attached hydrogens (tertiary/aromatic N) is 6. The van der Waals surface area contributed by atoms with E-state index in [0.717, 1.165) is 61.2 Å². The average molecular weight is 1250 g/mol. The third-order valence-corrected chi connectivity index (χ3v) is 19.1. The van der Waals surface area contributed by atoms with Crippen LogP contribution in [0.5, 0.6) is 0 Å². The van der Waals surface area contributed by atoms with Crippen LogP contribution in [0.4, 0.5) is 20.2 Å². The van der Waals surface area contributed by atoms with Crippen molar-refractivity contribution in [3.05, 3.63) is 147 Å². The molecule has 4 heterocycles. The molecule has 12 rings (SSSR count). The van der Waals surface area contributed by atoms with E-state index < -0.39 is 22.7 Å². The van der Waals surface area contributed by atoms with Crippen LogP contribution in [0, 0.1) is 35.6 Å². The zero-order valence-electron chi connectivity index (χ0n) is 43.2. The molecular weight excluding hydrogens is 1200 g/mol. The number of hydrogen-bond acceptors (Lipinski definition) is 12. The predicted octanol–water partition coefficient (Wildman–Crippen LogP) is 18.7. The number of rotatable bonds is 11. The van der Waals surface area contributed by atoms with Crippen LogP contribution in [0.25, 0.3) is 52.6 Å². The number of hydrogen-bond donors (Lipinski definition) is 1. The van der Waals surface area contributed by atoms with Gasteiger partial charge in [0.1, 0.15) is 62.0 Å². The Labute approximate surface area is 491 Å². The molecule has 8 aromatic rings. The van der Waals surface area contributed by atoms with Crippen molar-refractivity contribution in [1.82, 2.24) is 20.3 Å². The van der Waals surface area contributed by atoms with Gasteiger partial charge in [0.2, 0.25) is 0 Å². The van der Waals surface area contributed by atoms with Gasteiger partial charge in [-0.05, 0) is 122 Å². The molecule has 1 N–H and O–H groups in total. The molecule has 0 amide bonds. The van der Waals surface area contributed by atoms with Crippen molar-refractivity contribution >= 4 is 123 Å². The highest BCUT2D eigenvalue weighted by molar-refractivity contribution is 9.11. The Kier molecular flexibility index (Phi) is 16.8. The predicted molar refractivity (Wildman–Crippen MR) is 309 cm³/mol. The van der Waals surface area contributed by atoms with E-state index in [4.69, 9.17) is 78.1 Å². The molecular formula is C58H51BrCl4F2N6O6S2. The second-order valence-corrected chi connectivity index (χ2v) is 26.6. The van der Waals surface area contributed by atoms with Crippen molar-refractivity contribution in [3.8, 4) is 22.5 Å². The number of benzene rings is 4. The number of ether oxygens (including phenoxy) is 2. The number of ketones is 1. The number of thiazole rings is 2. The van der Waals surface area contributed by atoms with Crippen LogP contribution in [-0.4, -0.2) is 43.4 Å².